The minimum Gasteiger partial charge on any atom is -0.443 e. The van der Waals surface area contributed by atoms with Gasteiger partial charge in [-0.25, -0.2) is 4.98 Å². The first kappa shape index (κ1) is 10.2. The van der Waals surface area contributed by atoms with E-state index in [-0.39, 0.29) is 0 Å². The highest BCUT2D eigenvalue weighted by molar-refractivity contribution is 5.72. The van der Waals surface area contributed by atoms with Crippen LogP contribution < -0.4 is 5.73 Å². The molecule has 15 heavy (non-hydrogen) atoms. The van der Waals surface area contributed by atoms with E-state index in [4.69, 9.17) is 10.2 Å². The molecule has 0 amide bonds. The van der Waals surface area contributed by atoms with Crippen molar-refractivity contribution >= 4 is 11.1 Å². The number of nitrogens with zero attached hydrogens (tertiary/aromatic N) is 1. The molecule has 1 heterocycles. The first-order valence-electron chi connectivity index (χ1n) is 5.32. The van der Waals surface area contributed by atoms with Crippen LogP contribution in [0.25, 0.3) is 11.1 Å². The molecular weight excluding hydrogens is 188 g/mol. The molecule has 0 radical (unpaired) electrons. The molecule has 1 atom stereocenters. The number of nitrogens with two attached hydrogens (primary N) is 1. The van der Waals surface area contributed by atoms with E-state index in [0.29, 0.717) is 5.92 Å². The summed E-state index contributed by atoms with van der Waals surface area (Å²) in [6, 6.07) is 6.17. The molecule has 3 heteroatoms. The zero-order valence-corrected chi connectivity index (χ0v) is 8.94. The predicted octanol–water partition coefficient (Wildman–Crippen LogP) is 2.36. The number of rotatable bonds is 4. The van der Waals surface area contributed by atoms with Crippen molar-refractivity contribution in [3.8, 4) is 0 Å². The maximum absolute atomic E-state index is 5.58. The summed E-state index contributed by atoms with van der Waals surface area (Å²) < 4.78 is 5.26. The Morgan fingerprint density at radius 2 is 2.33 bits per heavy atom. The molecule has 3 nitrogen and oxygen atoms in total. The van der Waals surface area contributed by atoms with E-state index in [2.05, 4.69) is 24.0 Å². The molecular formula is C12H16N2O. The summed E-state index contributed by atoms with van der Waals surface area (Å²) in [5, 5.41) is 0. The van der Waals surface area contributed by atoms with E-state index in [1.54, 1.807) is 0 Å². The summed E-state index contributed by atoms with van der Waals surface area (Å²) in [5.74, 6) is 0.579. The largest absolute Gasteiger partial charge is 0.443 e. The van der Waals surface area contributed by atoms with Gasteiger partial charge in [-0.3, -0.25) is 0 Å². The Labute approximate surface area is 89.3 Å². The third-order valence-corrected chi connectivity index (χ3v) is 2.72. The lowest BCUT2D eigenvalue weighted by Crippen LogP contribution is -2.11. The number of fused-ring (bicyclic) bond motifs is 1. The van der Waals surface area contributed by atoms with Crippen molar-refractivity contribution in [3.05, 3.63) is 30.2 Å². The zero-order chi connectivity index (χ0) is 10.7. The van der Waals surface area contributed by atoms with Crippen molar-refractivity contribution < 1.29 is 4.42 Å². The summed E-state index contributed by atoms with van der Waals surface area (Å²) in [7, 11) is 0. The standard InChI is InChI=1S/C12H16N2O/c1-9(7-13)2-3-10-4-5-11-12(6-10)15-8-14-11/h4-6,8-9H,2-3,7,13H2,1H3. The Kier molecular flexibility index (Phi) is 3.02. The summed E-state index contributed by atoms with van der Waals surface area (Å²) in [6.45, 7) is 2.93. The van der Waals surface area contributed by atoms with E-state index in [1.807, 2.05) is 6.07 Å². The van der Waals surface area contributed by atoms with Gasteiger partial charge < -0.3 is 10.2 Å². The molecule has 0 saturated carbocycles. The molecule has 2 N–H and O–H groups in total. The Balaban J connectivity index is 2.08. The molecule has 2 rings (SSSR count). The van der Waals surface area contributed by atoms with Crippen molar-refractivity contribution in [3.63, 3.8) is 0 Å². The van der Waals surface area contributed by atoms with Crippen LogP contribution in [0.3, 0.4) is 0 Å². The molecule has 1 unspecified atom stereocenters. The fourth-order valence-corrected chi connectivity index (χ4v) is 1.59. The zero-order valence-electron chi connectivity index (χ0n) is 8.94. The van der Waals surface area contributed by atoms with E-state index >= 15 is 0 Å². The van der Waals surface area contributed by atoms with Crippen LogP contribution in [-0.4, -0.2) is 11.5 Å². The van der Waals surface area contributed by atoms with Crippen molar-refractivity contribution in [2.24, 2.45) is 11.7 Å². The lowest BCUT2D eigenvalue weighted by atomic mass is 10.0. The molecule has 0 fully saturated rings. The maximum atomic E-state index is 5.58. The van der Waals surface area contributed by atoms with Crippen LogP contribution in [0.5, 0.6) is 0 Å². The van der Waals surface area contributed by atoms with Crippen molar-refractivity contribution in [2.45, 2.75) is 19.8 Å². The highest BCUT2D eigenvalue weighted by Gasteiger charge is 2.03. The number of aromatic nitrogens is 1. The van der Waals surface area contributed by atoms with Gasteiger partial charge in [0.05, 0.1) is 0 Å². The van der Waals surface area contributed by atoms with Gasteiger partial charge in [-0.05, 0) is 43.0 Å². The lowest BCUT2D eigenvalue weighted by molar-refractivity contribution is 0.544. The van der Waals surface area contributed by atoms with Gasteiger partial charge in [-0.1, -0.05) is 13.0 Å². The molecule has 1 aromatic heterocycles. The van der Waals surface area contributed by atoms with Gasteiger partial charge in [-0.15, -0.1) is 0 Å². The topological polar surface area (TPSA) is 52.0 Å². The van der Waals surface area contributed by atoms with Crippen LogP contribution in [-0.2, 0) is 6.42 Å². The Morgan fingerprint density at radius 1 is 1.47 bits per heavy atom. The van der Waals surface area contributed by atoms with Gasteiger partial charge in [0.25, 0.3) is 0 Å². The molecule has 0 bridgehead atoms. The van der Waals surface area contributed by atoms with Crippen LogP contribution in [0.2, 0.25) is 0 Å². The first-order valence-corrected chi connectivity index (χ1v) is 5.32. The van der Waals surface area contributed by atoms with Crippen LogP contribution in [0.4, 0.5) is 0 Å². The summed E-state index contributed by atoms with van der Waals surface area (Å²) in [6.07, 6.45) is 3.65. The van der Waals surface area contributed by atoms with Crippen LogP contribution in [0.1, 0.15) is 18.9 Å². The molecule has 0 spiro atoms. The van der Waals surface area contributed by atoms with E-state index < -0.39 is 0 Å². The number of oxazole rings is 1. The number of hydrogen-bond acceptors (Lipinski definition) is 3. The third-order valence-electron chi connectivity index (χ3n) is 2.72. The smallest absolute Gasteiger partial charge is 0.181 e. The second kappa shape index (κ2) is 4.45. The summed E-state index contributed by atoms with van der Waals surface area (Å²) >= 11 is 0. The highest BCUT2D eigenvalue weighted by Crippen LogP contribution is 2.16. The molecule has 1 aromatic carbocycles. The molecule has 80 valence electrons. The van der Waals surface area contributed by atoms with Crippen molar-refractivity contribution in [2.75, 3.05) is 6.54 Å². The Bertz CT molecular complexity index is 436. The fourth-order valence-electron chi connectivity index (χ4n) is 1.59. The fraction of sp³-hybridized carbons (Fsp3) is 0.417. The van der Waals surface area contributed by atoms with Gasteiger partial charge in [-0.2, -0.15) is 0 Å². The van der Waals surface area contributed by atoms with Gasteiger partial charge in [0.1, 0.15) is 5.52 Å². The SMILES string of the molecule is CC(CN)CCc1ccc2ncoc2c1. The van der Waals surface area contributed by atoms with Crippen LogP contribution in [0.15, 0.2) is 29.0 Å². The average molecular weight is 204 g/mol. The average Bonchev–Trinajstić information content (AvgIpc) is 2.72. The second-order valence-corrected chi connectivity index (χ2v) is 4.03. The molecule has 2 aromatic rings. The predicted molar refractivity (Wildman–Crippen MR) is 60.5 cm³/mol. The summed E-state index contributed by atoms with van der Waals surface area (Å²) in [5.41, 5.74) is 8.66. The first-order chi connectivity index (χ1) is 7.29. The number of aryl methyl sites for hydroxylation is 1. The van der Waals surface area contributed by atoms with E-state index in [9.17, 15) is 0 Å². The molecule has 0 aliphatic carbocycles. The number of benzene rings is 1. The molecule has 0 aliphatic rings. The minimum absolute atomic E-state index is 0.579. The second-order valence-electron chi connectivity index (χ2n) is 4.03. The lowest BCUT2D eigenvalue weighted by Gasteiger charge is -2.07. The van der Waals surface area contributed by atoms with Gasteiger partial charge in [0.2, 0.25) is 0 Å². The van der Waals surface area contributed by atoms with Gasteiger partial charge >= 0.3 is 0 Å². The monoisotopic (exact) mass is 204 g/mol. The Morgan fingerprint density at radius 3 is 3.13 bits per heavy atom. The van der Waals surface area contributed by atoms with Gasteiger partial charge in [0.15, 0.2) is 12.0 Å². The molecule has 0 aliphatic heterocycles. The quantitative estimate of drug-likeness (QED) is 0.831. The summed E-state index contributed by atoms with van der Waals surface area (Å²) in [4.78, 5) is 4.08. The molecule has 0 saturated heterocycles. The van der Waals surface area contributed by atoms with E-state index in [1.165, 1.54) is 12.0 Å². The van der Waals surface area contributed by atoms with Crippen molar-refractivity contribution in [1.29, 1.82) is 0 Å². The normalized spacial score (nSPS) is 13.2. The third kappa shape index (κ3) is 2.36. The van der Waals surface area contributed by atoms with Crippen molar-refractivity contribution in [1.82, 2.24) is 4.98 Å². The number of hydrogen-bond donors (Lipinski definition) is 1. The maximum Gasteiger partial charge on any atom is 0.181 e. The van der Waals surface area contributed by atoms with Gasteiger partial charge in [0, 0.05) is 0 Å². The van der Waals surface area contributed by atoms with E-state index in [0.717, 1.165) is 30.5 Å². The highest BCUT2D eigenvalue weighted by atomic mass is 16.3. The minimum atomic E-state index is 0.579. The Hall–Kier alpha value is -1.35. The van der Waals surface area contributed by atoms with Crippen LogP contribution in [0, 0.1) is 5.92 Å². The van der Waals surface area contributed by atoms with Crippen LogP contribution >= 0.6 is 0 Å².